The smallest absolute Gasteiger partial charge is 0.133 e. The predicted molar refractivity (Wildman–Crippen MR) is 89.8 cm³/mol. The first kappa shape index (κ1) is 14.6. The van der Waals surface area contributed by atoms with Crippen molar-refractivity contribution in [3.8, 4) is 5.75 Å². The number of ether oxygens (including phenoxy) is 1. The van der Waals surface area contributed by atoms with Crippen LogP contribution in [-0.2, 0) is 12.8 Å². The number of aryl methyl sites for hydroxylation is 2. The maximum atomic E-state index is 6.44. The maximum absolute atomic E-state index is 6.44. The van der Waals surface area contributed by atoms with Crippen LogP contribution in [-0.4, -0.2) is 6.61 Å². The third kappa shape index (κ3) is 2.99. The van der Waals surface area contributed by atoms with Gasteiger partial charge in [-0.25, -0.2) is 0 Å². The van der Waals surface area contributed by atoms with Crippen LogP contribution in [0.3, 0.4) is 0 Å². The van der Waals surface area contributed by atoms with E-state index < -0.39 is 0 Å². The highest BCUT2D eigenvalue weighted by Gasteiger charge is 2.15. The van der Waals surface area contributed by atoms with E-state index in [1.807, 2.05) is 19.1 Å². The number of halogens is 1. The molecular formula is C18H20BrNO. The van der Waals surface area contributed by atoms with E-state index in [2.05, 4.69) is 40.2 Å². The lowest BCUT2D eigenvalue weighted by atomic mass is 9.96. The van der Waals surface area contributed by atoms with Crippen LogP contribution < -0.4 is 10.5 Å². The molecule has 0 amide bonds. The number of hydrogen-bond donors (Lipinski definition) is 1. The summed E-state index contributed by atoms with van der Waals surface area (Å²) in [4.78, 5) is 0. The average Bonchev–Trinajstić information content (AvgIpc) is 2.96. The van der Waals surface area contributed by atoms with Crippen LogP contribution in [0.15, 0.2) is 40.9 Å². The van der Waals surface area contributed by atoms with Gasteiger partial charge in [0.15, 0.2) is 0 Å². The summed E-state index contributed by atoms with van der Waals surface area (Å²) in [5.41, 5.74) is 11.7. The molecule has 2 nitrogen and oxygen atoms in total. The molecule has 0 heterocycles. The molecule has 0 saturated heterocycles. The molecule has 110 valence electrons. The average molecular weight is 346 g/mol. The Morgan fingerprint density at radius 2 is 1.81 bits per heavy atom. The summed E-state index contributed by atoms with van der Waals surface area (Å²) >= 11 is 3.56. The number of rotatable bonds is 4. The van der Waals surface area contributed by atoms with Crippen molar-refractivity contribution in [3.63, 3.8) is 0 Å². The van der Waals surface area contributed by atoms with Crippen molar-refractivity contribution in [3.05, 3.63) is 63.1 Å². The van der Waals surface area contributed by atoms with E-state index >= 15 is 0 Å². The standard InChI is InChI=1S/C18H20BrNO/c1-2-21-17-9-8-15(11-16(17)19)18(20)14-7-6-12-4-3-5-13(12)10-14/h6-11,18H,2-5,20H2,1H3. The molecule has 3 heteroatoms. The van der Waals surface area contributed by atoms with Crippen molar-refractivity contribution in [1.82, 2.24) is 0 Å². The zero-order valence-electron chi connectivity index (χ0n) is 12.2. The van der Waals surface area contributed by atoms with Crippen molar-refractivity contribution in [2.75, 3.05) is 6.61 Å². The van der Waals surface area contributed by atoms with Crippen LogP contribution in [0.4, 0.5) is 0 Å². The van der Waals surface area contributed by atoms with Gasteiger partial charge < -0.3 is 10.5 Å². The summed E-state index contributed by atoms with van der Waals surface area (Å²) in [5.74, 6) is 0.863. The Kier molecular flexibility index (Phi) is 4.32. The normalized spacial score (nSPS) is 14.8. The van der Waals surface area contributed by atoms with Gasteiger partial charge in [-0.15, -0.1) is 0 Å². The number of hydrogen-bond acceptors (Lipinski definition) is 2. The molecule has 2 aromatic rings. The molecule has 0 saturated carbocycles. The lowest BCUT2D eigenvalue weighted by Gasteiger charge is -2.16. The lowest BCUT2D eigenvalue weighted by Crippen LogP contribution is -2.12. The Bertz CT molecular complexity index is 654. The Morgan fingerprint density at radius 3 is 2.57 bits per heavy atom. The Labute approximate surface area is 134 Å². The summed E-state index contributed by atoms with van der Waals surface area (Å²) in [6.07, 6.45) is 3.66. The Hall–Kier alpha value is -1.32. The topological polar surface area (TPSA) is 35.2 Å². The first-order valence-electron chi connectivity index (χ1n) is 7.48. The van der Waals surface area contributed by atoms with Crippen LogP contribution in [0.25, 0.3) is 0 Å². The van der Waals surface area contributed by atoms with Gasteiger partial charge in [-0.3, -0.25) is 0 Å². The van der Waals surface area contributed by atoms with Gasteiger partial charge in [0.2, 0.25) is 0 Å². The summed E-state index contributed by atoms with van der Waals surface area (Å²) in [6.45, 7) is 2.64. The van der Waals surface area contributed by atoms with E-state index in [-0.39, 0.29) is 6.04 Å². The molecule has 1 aliphatic rings. The first-order valence-corrected chi connectivity index (χ1v) is 8.28. The quantitative estimate of drug-likeness (QED) is 0.891. The molecule has 1 atom stereocenters. The van der Waals surface area contributed by atoms with E-state index in [1.165, 1.54) is 36.0 Å². The van der Waals surface area contributed by atoms with Gasteiger partial charge in [0.05, 0.1) is 17.1 Å². The van der Waals surface area contributed by atoms with E-state index in [0.29, 0.717) is 6.61 Å². The fourth-order valence-corrected chi connectivity index (χ4v) is 3.47. The molecule has 0 fully saturated rings. The van der Waals surface area contributed by atoms with Gasteiger partial charge in [0.1, 0.15) is 5.75 Å². The van der Waals surface area contributed by atoms with Gasteiger partial charge in [-0.2, -0.15) is 0 Å². The van der Waals surface area contributed by atoms with Gasteiger partial charge in [0, 0.05) is 0 Å². The van der Waals surface area contributed by atoms with E-state index in [9.17, 15) is 0 Å². The van der Waals surface area contributed by atoms with Gasteiger partial charge in [0.25, 0.3) is 0 Å². The highest BCUT2D eigenvalue weighted by Crippen LogP contribution is 2.31. The molecule has 2 N–H and O–H groups in total. The molecule has 0 aliphatic heterocycles. The summed E-state index contributed by atoms with van der Waals surface area (Å²) in [6, 6.07) is 12.7. The molecule has 21 heavy (non-hydrogen) atoms. The molecule has 2 aromatic carbocycles. The fourth-order valence-electron chi connectivity index (χ4n) is 2.96. The lowest BCUT2D eigenvalue weighted by molar-refractivity contribution is 0.338. The largest absolute Gasteiger partial charge is 0.493 e. The Balaban J connectivity index is 1.88. The second kappa shape index (κ2) is 6.20. The minimum atomic E-state index is -0.0946. The molecule has 0 radical (unpaired) electrons. The van der Waals surface area contributed by atoms with Crippen molar-refractivity contribution < 1.29 is 4.74 Å². The van der Waals surface area contributed by atoms with E-state index in [4.69, 9.17) is 10.5 Å². The van der Waals surface area contributed by atoms with Gasteiger partial charge in [-0.05, 0) is 76.5 Å². The molecule has 1 unspecified atom stereocenters. The first-order chi connectivity index (χ1) is 10.2. The molecule has 3 rings (SSSR count). The van der Waals surface area contributed by atoms with Gasteiger partial charge in [-0.1, -0.05) is 24.3 Å². The van der Waals surface area contributed by atoms with Crippen LogP contribution in [0, 0.1) is 0 Å². The number of nitrogens with two attached hydrogens (primary N) is 1. The fraction of sp³-hybridized carbons (Fsp3) is 0.333. The SMILES string of the molecule is CCOc1ccc(C(N)c2ccc3c(c2)CCC3)cc1Br. The van der Waals surface area contributed by atoms with Crippen molar-refractivity contribution in [2.24, 2.45) is 5.73 Å². The van der Waals surface area contributed by atoms with Crippen LogP contribution in [0.5, 0.6) is 5.75 Å². The number of benzene rings is 2. The van der Waals surface area contributed by atoms with Crippen LogP contribution in [0.2, 0.25) is 0 Å². The van der Waals surface area contributed by atoms with Gasteiger partial charge >= 0.3 is 0 Å². The van der Waals surface area contributed by atoms with Crippen LogP contribution in [0.1, 0.15) is 41.6 Å². The van der Waals surface area contributed by atoms with Crippen molar-refractivity contribution in [2.45, 2.75) is 32.2 Å². The summed E-state index contributed by atoms with van der Waals surface area (Å²) < 4.78 is 6.51. The van der Waals surface area contributed by atoms with E-state index in [1.54, 1.807) is 0 Å². The molecule has 0 spiro atoms. The highest BCUT2D eigenvalue weighted by molar-refractivity contribution is 9.10. The highest BCUT2D eigenvalue weighted by atomic mass is 79.9. The minimum Gasteiger partial charge on any atom is -0.493 e. The van der Waals surface area contributed by atoms with Crippen molar-refractivity contribution >= 4 is 15.9 Å². The molecule has 0 aromatic heterocycles. The Morgan fingerprint density at radius 1 is 1.10 bits per heavy atom. The summed E-state index contributed by atoms with van der Waals surface area (Å²) in [7, 11) is 0. The molecular weight excluding hydrogens is 326 g/mol. The molecule has 1 aliphatic carbocycles. The molecule has 0 bridgehead atoms. The monoisotopic (exact) mass is 345 g/mol. The van der Waals surface area contributed by atoms with Crippen molar-refractivity contribution in [1.29, 1.82) is 0 Å². The minimum absolute atomic E-state index is 0.0946. The zero-order valence-corrected chi connectivity index (χ0v) is 13.8. The summed E-state index contributed by atoms with van der Waals surface area (Å²) in [5, 5.41) is 0. The third-order valence-corrected chi connectivity index (χ3v) is 4.72. The zero-order chi connectivity index (χ0) is 14.8. The van der Waals surface area contributed by atoms with E-state index in [0.717, 1.165) is 15.8 Å². The number of fused-ring (bicyclic) bond motifs is 1. The maximum Gasteiger partial charge on any atom is 0.133 e. The van der Waals surface area contributed by atoms with Crippen LogP contribution >= 0.6 is 15.9 Å². The third-order valence-electron chi connectivity index (χ3n) is 4.10. The predicted octanol–water partition coefficient (Wildman–Crippen LogP) is 4.38. The second-order valence-electron chi connectivity index (χ2n) is 5.48. The second-order valence-corrected chi connectivity index (χ2v) is 6.34.